The van der Waals surface area contributed by atoms with Crippen molar-refractivity contribution in [1.82, 2.24) is 25.2 Å². The lowest BCUT2D eigenvalue weighted by molar-refractivity contribution is 0.0950. The molecule has 136 valence electrons. The first-order valence-electron chi connectivity index (χ1n) is 8.61. The first-order chi connectivity index (χ1) is 13.8. The van der Waals surface area contributed by atoms with E-state index in [1.807, 2.05) is 48.7 Å². The van der Waals surface area contributed by atoms with Crippen LogP contribution in [0, 0.1) is 0 Å². The topological polar surface area (TPSA) is 85.1 Å². The lowest BCUT2D eigenvalue weighted by Gasteiger charge is -2.00. The smallest absolute Gasteiger partial charge is 0.266 e. The molecule has 7 heteroatoms. The van der Waals surface area contributed by atoms with Crippen molar-refractivity contribution in [2.45, 2.75) is 0 Å². The normalized spacial score (nSPS) is 10.9. The third-order valence-electron chi connectivity index (χ3n) is 3.98. The molecule has 0 bridgehead atoms. The van der Waals surface area contributed by atoms with Gasteiger partial charge in [-0.25, -0.2) is 10.1 Å². The van der Waals surface area contributed by atoms with Crippen LogP contribution in [0.5, 0.6) is 0 Å². The molecule has 1 N–H and O–H groups in total. The van der Waals surface area contributed by atoms with E-state index in [9.17, 15) is 4.79 Å². The summed E-state index contributed by atoms with van der Waals surface area (Å²) >= 11 is 0. The molecule has 0 atom stereocenters. The lowest BCUT2D eigenvalue weighted by Crippen LogP contribution is -2.18. The van der Waals surface area contributed by atoms with Crippen molar-refractivity contribution < 1.29 is 4.79 Å². The van der Waals surface area contributed by atoms with Gasteiger partial charge in [-0.3, -0.25) is 14.8 Å². The van der Waals surface area contributed by atoms with Crippen molar-refractivity contribution in [1.29, 1.82) is 0 Å². The van der Waals surface area contributed by atoms with Gasteiger partial charge in [0.1, 0.15) is 11.4 Å². The van der Waals surface area contributed by atoms with Crippen molar-refractivity contribution in [3.63, 3.8) is 0 Å². The van der Waals surface area contributed by atoms with Gasteiger partial charge in [0.05, 0.1) is 11.9 Å². The maximum atomic E-state index is 12.1. The fourth-order valence-electron chi connectivity index (χ4n) is 2.64. The number of benzene rings is 1. The Morgan fingerprint density at radius 1 is 0.964 bits per heavy atom. The minimum Gasteiger partial charge on any atom is -0.266 e. The molecular weight excluding hydrogens is 352 g/mol. The van der Waals surface area contributed by atoms with Crippen molar-refractivity contribution in [2.75, 3.05) is 0 Å². The maximum Gasteiger partial charge on any atom is 0.289 e. The fourth-order valence-corrected chi connectivity index (χ4v) is 2.64. The van der Waals surface area contributed by atoms with Gasteiger partial charge in [-0.2, -0.15) is 10.2 Å². The second kappa shape index (κ2) is 8.05. The van der Waals surface area contributed by atoms with Crippen molar-refractivity contribution >= 4 is 12.1 Å². The highest BCUT2D eigenvalue weighted by Gasteiger charge is 2.11. The highest BCUT2D eigenvalue weighted by molar-refractivity contribution is 5.94. The molecule has 4 aromatic rings. The number of hydrazone groups is 1. The van der Waals surface area contributed by atoms with E-state index in [1.54, 1.807) is 47.7 Å². The summed E-state index contributed by atoms with van der Waals surface area (Å²) in [6.07, 6.45) is 8.41. The van der Waals surface area contributed by atoms with Crippen LogP contribution in [0.1, 0.15) is 16.1 Å². The summed E-state index contributed by atoms with van der Waals surface area (Å²) in [6, 6.07) is 18.7. The Hall–Kier alpha value is -4.13. The Bertz CT molecular complexity index is 1090. The molecule has 4 rings (SSSR count). The predicted molar refractivity (Wildman–Crippen MR) is 106 cm³/mol. The van der Waals surface area contributed by atoms with Crippen LogP contribution < -0.4 is 5.43 Å². The molecule has 0 aliphatic carbocycles. The number of amides is 1. The van der Waals surface area contributed by atoms with Crippen LogP contribution in [0.15, 0.2) is 90.6 Å². The SMILES string of the molecule is O=C(N/N=C\c1cn(-c2ccccc2)nc1-c1ccncc1)c1ccccn1. The number of nitrogens with zero attached hydrogens (tertiary/aromatic N) is 5. The predicted octanol–water partition coefficient (Wildman–Crippen LogP) is 3.09. The average Bonchev–Trinajstić information content (AvgIpc) is 3.20. The third-order valence-corrected chi connectivity index (χ3v) is 3.98. The molecular formula is C21H16N6O. The summed E-state index contributed by atoms with van der Waals surface area (Å²) < 4.78 is 1.78. The number of carbonyl (C=O) groups is 1. The molecule has 0 radical (unpaired) electrons. The Kier molecular flexibility index (Phi) is 4.97. The average molecular weight is 368 g/mol. The molecule has 0 fully saturated rings. The Labute approximate surface area is 161 Å². The molecule has 0 aliphatic rings. The highest BCUT2D eigenvalue weighted by atomic mass is 16.2. The summed E-state index contributed by atoms with van der Waals surface area (Å²) in [5.74, 6) is -0.377. The van der Waals surface area contributed by atoms with Crippen LogP contribution in [0.3, 0.4) is 0 Å². The first-order valence-corrected chi connectivity index (χ1v) is 8.61. The van der Waals surface area contributed by atoms with Gasteiger partial charge in [0.2, 0.25) is 0 Å². The summed E-state index contributed by atoms with van der Waals surface area (Å²) in [6.45, 7) is 0. The molecule has 0 aliphatic heterocycles. The van der Waals surface area contributed by atoms with Gasteiger partial charge in [-0.1, -0.05) is 24.3 Å². The van der Waals surface area contributed by atoms with Crippen LogP contribution in [0.2, 0.25) is 0 Å². The Morgan fingerprint density at radius 3 is 2.50 bits per heavy atom. The highest BCUT2D eigenvalue weighted by Crippen LogP contribution is 2.21. The number of aromatic nitrogens is 4. The van der Waals surface area contributed by atoms with Gasteiger partial charge < -0.3 is 0 Å². The number of hydrogen-bond donors (Lipinski definition) is 1. The monoisotopic (exact) mass is 368 g/mol. The van der Waals surface area contributed by atoms with Gasteiger partial charge in [0.25, 0.3) is 5.91 Å². The second-order valence-corrected chi connectivity index (χ2v) is 5.86. The maximum absolute atomic E-state index is 12.1. The lowest BCUT2D eigenvalue weighted by atomic mass is 10.1. The standard InChI is InChI=1S/C21H16N6O/c28-21(19-8-4-5-11-23-19)25-24-14-17-15-27(18-6-2-1-3-7-18)26-20(17)16-9-12-22-13-10-16/h1-15H,(H,25,28)/b24-14-. The number of nitrogens with one attached hydrogen (secondary N) is 1. The van der Waals surface area contributed by atoms with E-state index in [1.165, 1.54) is 0 Å². The zero-order chi connectivity index (χ0) is 19.2. The van der Waals surface area contributed by atoms with E-state index >= 15 is 0 Å². The molecule has 0 unspecified atom stereocenters. The molecule has 0 spiro atoms. The van der Waals surface area contributed by atoms with E-state index in [0.29, 0.717) is 5.69 Å². The second-order valence-electron chi connectivity index (χ2n) is 5.86. The summed E-state index contributed by atoms with van der Waals surface area (Å²) in [7, 11) is 0. The van der Waals surface area contributed by atoms with Crippen molar-refractivity contribution in [3.05, 3.63) is 96.7 Å². The van der Waals surface area contributed by atoms with Gasteiger partial charge in [0.15, 0.2) is 0 Å². The molecule has 0 saturated carbocycles. The van der Waals surface area contributed by atoms with Crippen LogP contribution in [-0.4, -0.2) is 31.9 Å². The molecule has 3 heterocycles. The van der Waals surface area contributed by atoms with Gasteiger partial charge in [0, 0.05) is 35.9 Å². The number of hydrogen-bond acceptors (Lipinski definition) is 5. The van der Waals surface area contributed by atoms with Crippen molar-refractivity contribution in [2.24, 2.45) is 5.10 Å². The van der Waals surface area contributed by atoms with Crippen molar-refractivity contribution in [3.8, 4) is 16.9 Å². The van der Waals surface area contributed by atoms with E-state index in [-0.39, 0.29) is 5.91 Å². The Balaban J connectivity index is 1.63. The molecule has 1 amide bonds. The molecule has 3 aromatic heterocycles. The molecule has 7 nitrogen and oxygen atoms in total. The van der Waals surface area contributed by atoms with E-state index in [4.69, 9.17) is 0 Å². The largest absolute Gasteiger partial charge is 0.289 e. The van der Waals surface area contributed by atoms with Crippen LogP contribution in [0.4, 0.5) is 0 Å². The third kappa shape index (κ3) is 3.83. The van der Waals surface area contributed by atoms with E-state index < -0.39 is 0 Å². The van der Waals surface area contributed by atoms with Crippen LogP contribution in [0.25, 0.3) is 16.9 Å². The zero-order valence-electron chi connectivity index (χ0n) is 14.8. The first kappa shape index (κ1) is 17.3. The van der Waals surface area contributed by atoms with Gasteiger partial charge in [-0.05, 0) is 36.4 Å². The van der Waals surface area contributed by atoms with Gasteiger partial charge >= 0.3 is 0 Å². The minimum absolute atomic E-state index is 0.300. The minimum atomic E-state index is -0.377. The number of rotatable bonds is 5. The summed E-state index contributed by atoms with van der Waals surface area (Å²) in [5.41, 5.74) is 6.12. The summed E-state index contributed by atoms with van der Waals surface area (Å²) in [4.78, 5) is 20.2. The van der Waals surface area contributed by atoms with E-state index in [0.717, 1.165) is 22.5 Å². The zero-order valence-corrected chi connectivity index (χ0v) is 14.8. The fraction of sp³-hybridized carbons (Fsp3) is 0. The number of pyridine rings is 2. The van der Waals surface area contributed by atoms with Crippen LogP contribution in [-0.2, 0) is 0 Å². The van der Waals surface area contributed by atoms with E-state index in [2.05, 4.69) is 25.6 Å². The quantitative estimate of drug-likeness (QED) is 0.433. The molecule has 1 aromatic carbocycles. The Morgan fingerprint density at radius 2 is 1.75 bits per heavy atom. The summed E-state index contributed by atoms with van der Waals surface area (Å²) in [5, 5.41) is 8.76. The number of para-hydroxylation sites is 1. The number of carbonyl (C=O) groups excluding carboxylic acids is 1. The molecule has 28 heavy (non-hydrogen) atoms. The van der Waals surface area contributed by atoms with Crippen LogP contribution >= 0.6 is 0 Å². The van der Waals surface area contributed by atoms with Gasteiger partial charge in [-0.15, -0.1) is 0 Å². The molecule has 0 saturated heterocycles.